The van der Waals surface area contributed by atoms with Gasteiger partial charge in [-0.25, -0.2) is 0 Å². The lowest BCUT2D eigenvalue weighted by Gasteiger charge is -2.22. The third-order valence-electron chi connectivity index (χ3n) is 4.70. The summed E-state index contributed by atoms with van der Waals surface area (Å²) >= 11 is 0. The third-order valence-corrected chi connectivity index (χ3v) is 4.70. The summed E-state index contributed by atoms with van der Waals surface area (Å²) in [6.07, 6.45) is 2.47. The first kappa shape index (κ1) is 15.6. The Morgan fingerprint density at radius 1 is 1.12 bits per heavy atom. The third kappa shape index (κ3) is 2.62. The van der Waals surface area contributed by atoms with E-state index in [1.165, 1.54) is 6.20 Å². The zero-order valence-electron chi connectivity index (χ0n) is 13.6. The summed E-state index contributed by atoms with van der Waals surface area (Å²) < 4.78 is 0. The van der Waals surface area contributed by atoms with Crippen molar-refractivity contribution in [3.05, 3.63) is 71.1 Å². The van der Waals surface area contributed by atoms with Crippen LogP contribution in [0.3, 0.4) is 0 Å². The van der Waals surface area contributed by atoms with Crippen molar-refractivity contribution >= 4 is 11.7 Å². The second kappa shape index (κ2) is 6.18. The molecule has 3 N–H and O–H groups in total. The van der Waals surface area contributed by atoms with Gasteiger partial charge in [-0.2, -0.15) is 0 Å². The lowest BCUT2D eigenvalue weighted by Crippen LogP contribution is -2.33. The van der Waals surface area contributed by atoms with Crippen molar-refractivity contribution in [2.45, 2.75) is 18.9 Å². The Balaban J connectivity index is 1.66. The molecule has 2 aromatic carbocycles. The number of piperidine rings is 1. The first-order valence-electron chi connectivity index (χ1n) is 8.37. The maximum atomic E-state index is 12.7. The van der Waals surface area contributed by atoms with Crippen LogP contribution in [-0.2, 0) is 0 Å². The van der Waals surface area contributed by atoms with E-state index >= 15 is 0 Å². The number of aliphatic hydroxyl groups excluding tert-OH is 1. The molecule has 1 heterocycles. The topological polar surface area (TPSA) is 78.4 Å². The van der Waals surface area contributed by atoms with Gasteiger partial charge in [0.1, 0.15) is 0 Å². The summed E-state index contributed by atoms with van der Waals surface area (Å²) in [5.74, 6) is -0.482. The summed E-state index contributed by atoms with van der Waals surface area (Å²) in [7, 11) is 0. The van der Waals surface area contributed by atoms with Gasteiger partial charge in [-0.1, -0.05) is 36.4 Å². The number of fused-ring (bicyclic) bond motifs is 3. The van der Waals surface area contributed by atoms with E-state index in [0.717, 1.165) is 24.1 Å². The monoisotopic (exact) mass is 334 g/mol. The van der Waals surface area contributed by atoms with E-state index in [-0.39, 0.29) is 11.7 Å². The van der Waals surface area contributed by atoms with Crippen LogP contribution in [0.1, 0.15) is 39.1 Å². The normalized spacial score (nSPS) is 20.0. The molecule has 5 nitrogen and oxygen atoms in total. The van der Waals surface area contributed by atoms with E-state index in [9.17, 15) is 14.7 Å². The van der Waals surface area contributed by atoms with E-state index < -0.39 is 6.10 Å². The van der Waals surface area contributed by atoms with Crippen molar-refractivity contribution in [2.24, 2.45) is 0 Å². The highest BCUT2D eigenvalue weighted by atomic mass is 16.3. The highest BCUT2D eigenvalue weighted by molar-refractivity contribution is 6.25. The van der Waals surface area contributed by atoms with Gasteiger partial charge in [0.2, 0.25) is 0 Å². The van der Waals surface area contributed by atoms with Crippen LogP contribution in [0.25, 0.3) is 11.1 Å². The quantitative estimate of drug-likeness (QED) is 0.671. The molecule has 0 spiro atoms. The summed E-state index contributed by atoms with van der Waals surface area (Å²) in [6.45, 7) is 0.771. The van der Waals surface area contributed by atoms with Gasteiger partial charge in [-0.05, 0) is 30.0 Å². The number of benzene rings is 2. The van der Waals surface area contributed by atoms with Gasteiger partial charge in [-0.3, -0.25) is 9.59 Å². The Labute approximate surface area is 145 Å². The number of carbonyl (C=O) groups is 2. The van der Waals surface area contributed by atoms with Crippen LogP contribution >= 0.6 is 0 Å². The minimum atomic E-state index is -0.596. The SMILES string of the molecule is O=C(N/C=C1/NCCCC1O)c1cccc2c1C(=O)c1ccccc1-2. The van der Waals surface area contributed by atoms with Crippen molar-refractivity contribution < 1.29 is 14.7 Å². The Kier molecular flexibility index (Phi) is 3.86. The number of carbonyl (C=O) groups excluding carboxylic acids is 2. The van der Waals surface area contributed by atoms with Crippen LogP contribution in [0, 0.1) is 0 Å². The number of rotatable bonds is 2. The molecular formula is C20H18N2O3. The van der Waals surface area contributed by atoms with Gasteiger partial charge < -0.3 is 15.7 Å². The molecule has 1 saturated heterocycles. The molecule has 0 saturated carbocycles. The second-order valence-corrected chi connectivity index (χ2v) is 6.26. The van der Waals surface area contributed by atoms with Gasteiger partial charge in [0, 0.05) is 23.9 Å². The largest absolute Gasteiger partial charge is 0.387 e. The number of aliphatic hydroxyl groups is 1. The Morgan fingerprint density at radius 3 is 2.68 bits per heavy atom. The van der Waals surface area contributed by atoms with E-state index in [2.05, 4.69) is 10.6 Å². The fourth-order valence-electron chi connectivity index (χ4n) is 3.43. The average Bonchev–Trinajstić information content (AvgIpc) is 2.94. The second-order valence-electron chi connectivity index (χ2n) is 6.26. The van der Waals surface area contributed by atoms with E-state index in [0.29, 0.717) is 28.8 Å². The molecule has 1 fully saturated rings. The standard InChI is InChI=1S/C20H18N2O3/c23-17-9-4-10-21-16(17)11-22-20(25)15-8-3-7-13-12-5-1-2-6-14(12)19(24)18(13)15/h1-3,5-8,11,17,21,23H,4,9-10H2,(H,22,25)/b16-11+. The average molecular weight is 334 g/mol. The van der Waals surface area contributed by atoms with Gasteiger partial charge in [-0.15, -0.1) is 0 Å². The van der Waals surface area contributed by atoms with Crippen LogP contribution in [0.4, 0.5) is 0 Å². The van der Waals surface area contributed by atoms with Gasteiger partial charge in [0.15, 0.2) is 5.78 Å². The van der Waals surface area contributed by atoms with Gasteiger partial charge in [0.25, 0.3) is 5.91 Å². The van der Waals surface area contributed by atoms with Gasteiger partial charge >= 0.3 is 0 Å². The molecule has 5 heteroatoms. The number of hydrogen-bond acceptors (Lipinski definition) is 4. The molecule has 0 aromatic heterocycles. The molecule has 1 aliphatic heterocycles. The highest BCUT2D eigenvalue weighted by Gasteiger charge is 2.30. The molecule has 2 aromatic rings. The fraction of sp³-hybridized carbons (Fsp3) is 0.200. The summed E-state index contributed by atoms with van der Waals surface area (Å²) in [4.78, 5) is 25.4. The number of amides is 1. The van der Waals surface area contributed by atoms with E-state index in [4.69, 9.17) is 0 Å². The van der Waals surface area contributed by atoms with Crippen LogP contribution in [0.15, 0.2) is 54.4 Å². The molecule has 4 rings (SSSR count). The predicted molar refractivity (Wildman–Crippen MR) is 94.1 cm³/mol. The molecule has 1 atom stereocenters. The predicted octanol–water partition coefficient (Wildman–Crippen LogP) is 2.21. The molecule has 0 radical (unpaired) electrons. The van der Waals surface area contributed by atoms with E-state index in [1.807, 2.05) is 24.3 Å². The van der Waals surface area contributed by atoms with Crippen LogP contribution in [-0.4, -0.2) is 29.4 Å². The molecule has 1 amide bonds. The minimum absolute atomic E-state index is 0.125. The van der Waals surface area contributed by atoms with Crippen LogP contribution in [0.5, 0.6) is 0 Å². The van der Waals surface area contributed by atoms with Gasteiger partial charge in [0.05, 0.1) is 17.4 Å². The lowest BCUT2D eigenvalue weighted by atomic mass is 10.0. The minimum Gasteiger partial charge on any atom is -0.387 e. The first-order chi connectivity index (χ1) is 12.2. The first-order valence-corrected chi connectivity index (χ1v) is 8.37. The van der Waals surface area contributed by atoms with Crippen molar-refractivity contribution in [1.82, 2.24) is 10.6 Å². The number of hydrogen-bond donors (Lipinski definition) is 3. The zero-order chi connectivity index (χ0) is 17.4. The molecule has 1 aliphatic carbocycles. The molecular weight excluding hydrogens is 316 g/mol. The van der Waals surface area contributed by atoms with Crippen LogP contribution < -0.4 is 10.6 Å². The smallest absolute Gasteiger partial charge is 0.256 e. The maximum absolute atomic E-state index is 12.7. The van der Waals surface area contributed by atoms with Crippen molar-refractivity contribution in [3.8, 4) is 11.1 Å². The van der Waals surface area contributed by atoms with Crippen molar-refractivity contribution in [2.75, 3.05) is 6.54 Å². The molecule has 1 unspecified atom stereocenters. The number of nitrogens with one attached hydrogen (secondary N) is 2. The summed E-state index contributed by atoms with van der Waals surface area (Å²) in [5, 5.41) is 15.7. The maximum Gasteiger partial charge on any atom is 0.256 e. The lowest BCUT2D eigenvalue weighted by molar-refractivity contribution is 0.0956. The van der Waals surface area contributed by atoms with Crippen molar-refractivity contribution in [3.63, 3.8) is 0 Å². The molecule has 0 bridgehead atoms. The summed E-state index contributed by atoms with van der Waals surface area (Å²) in [6, 6.07) is 12.7. The Bertz CT molecular complexity index is 902. The zero-order valence-corrected chi connectivity index (χ0v) is 13.6. The molecule has 2 aliphatic rings. The van der Waals surface area contributed by atoms with Crippen molar-refractivity contribution in [1.29, 1.82) is 0 Å². The summed E-state index contributed by atoms with van der Waals surface area (Å²) in [5.41, 5.74) is 3.66. The molecule has 126 valence electrons. The van der Waals surface area contributed by atoms with E-state index in [1.54, 1.807) is 18.2 Å². The highest BCUT2D eigenvalue weighted by Crippen LogP contribution is 2.37. The Hall–Kier alpha value is -2.92. The molecule has 25 heavy (non-hydrogen) atoms. The fourth-order valence-corrected chi connectivity index (χ4v) is 3.43. The Morgan fingerprint density at radius 2 is 1.88 bits per heavy atom. The van der Waals surface area contributed by atoms with Crippen LogP contribution in [0.2, 0.25) is 0 Å². The number of ketones is 1.